The Hall–Kier alpha value is -2.82. The Morgan fingerprint density at radius 1 is 1.27 bits per heavy atom. The Labute approximate surface area is 130 Å². The van der Waals surface area contributed by atoms with Crippen LogP contribution in [0, 0.1) is 17.9 Å². The molecule has 1 N–H and O–H groups in total. The monoisotopic (exact) mass is 291 g/mol. The Bertz CT molecular complexity index is 793. The molecule has 0 fully saturated rings. The van der Waals surface area contributed by atoms with E-state index in [2.05, 4.69) is 10.9 Å². The van der Waals surface area contributed by atoms with Gasteiger partial charge in [0, 0.05) is 19.3 Å². The molecule has 22 heavy (non-hydrogen) atoms. The molecule has 4 nitrogen and oxygen atoms in total. The van der Waals surface area contributed by atoms with E-state index in [9.17, 15) is 0 Å². The van der Waals surface area contributed by atoms with E-state index in [1.54, 1.807) is 6.92 Å². The number of hydrogen-bond acceptors (Lipinski definition) is 3. The van der Waals surface area contributed by atoms with E-state index in [-0.39, 0.29) is 12.3 Å². The predicted octanol–water partition coefficient (Wildman–Crippen LogP) is 3.44. The number of hydrogen-bond donors (Lipinski definition) is 1. The quantitative estimate of drug-likeness (QED) is 0.693. The van der Waals surface area contributed by atoms with Crippen LogP contribution in [-0.2, 0) is 0 Å². The first-order chi connectivity index (χ1) is 10.6. The smallest absolute Gasteiger partial charge is 0.265 e. The van der Waals surface area contributed by atoms with Gasteiger partial charge in [0.2, 0.25) is 0 Å². The number of fused-ring (bicyclic) bond motifs is 1. The first kappa shape index (κ1) is 15.6. The van der Waals surface area contributed by atoms with Crippen molar-refractivity contribution in [2.24, 2.45) is 0 Å². The summed E-state index contributed by atoms with van der Waals surface area (Å²) in [5.41, 5.74) is 2.75. The lowest BCUT2D eigenvalue weighted by atomic mass is 10.0. The van der Waals surface area contributed by atoms with Crippen LogP contribution in [-0.4, -0.2) is 25.3 Å². The Morgan fingerprint density at radius 3 is 2.59 bits per heavy atom. The van der Waals surface area contributed by atoms with Crippen LogP contribution in [0.2, 0.25) is 0 Å². The number of aliphatic hydroxyl groups is 1. The first-order valence-electron chi connectivity index (χ1n) is 6.95. The molecular formula is C18H17N3O. The summed E-state index contributed by atoms with van der Waals surface area (Å²) in [4.78, 5) is 5.25. The summed E-state index contributed by atoms with van der Waals surface area (Å²) in [6.45, 7) is 9.53. The molecule has 0 spiro atoms. The van der Waals surface area contributed by atoms with E-state index in [0.717, 1.165) is 22.0 Å². The summed E-state index contributed by atoms with van der Waals surface area (Å²) < 4.78 is 0. The summed E-state index contributed by atoms with van der Waals surface area (Å²) in [7, 11) is 1.94. The molecule has 0 amide bonds. The maximum absolute atomic E-state index is 9.01. The van der Waals surface area contributed by atoms with E-state index >= 15 is 0 Å². The molecule has 2 aromatic rings. The minimum absolute atomic E-state index is 0.116. The predicted molar refractivity (Wildman–Crippen MR) is 89.1 cm³/mol. The molecular weight excluding hydrogens is 274 g/mol. The van der Waals surface area contributed by atoms with Crippen LogP contribution < -0.4 is 4.90 Å². The molecule has 0 aromatic heterocycles. The molecule has 0 unspecified atom stereocenters. The van der Waals surface area contributed by atoms with Crippen molar-refractivity contribution in [3.63, 3.8) is 0 Å². The SMILES string of the molecule is [C-]#[N+]/C(C#N)=C(\C)c1ccc2cc(N(C)CCO)ccc2c1. The molecule has 0 saturated carbocycles. The summed E-state index contributed by atoms with van der Waals surface area (Å²) in [6, 6.07) is 13.9. The number of benzene rings is 2. The van der Waals surface area contributed by atoms with Crippen molar-refractivity contribution in [2.75, 3.05) is 25.1 Å². The van der Waals surface area contributed by atoms with Gasteiger partial charge in [-0.05, 0) is 47.0 Å². The van der Waals surface area contributed by atoms with Crippen LogP contribution in [0.25, 0.3) is 21.2 Å². The van der Waals surface area contributed by atoms with Crippen molar-refractivity contribution < 1.29 is 5.11 Å². The van der Waals surface area contributed by atoms with E-state index in [0.29, 0.717) is 12.1 Å². The normalized spacial score (nSPS) is 11.5. The molecule has 2 aromatic carbocycles. The van der Waals surface area contributed by atoms with Gasteiger partial charge in [-0.3, -0.25) is 0 Å². The average molecular weight is 291 g/mol. The molecule has 0 aliphatic carbocycles. The molecule has 0 atom stereocenters. The average Bonchev–Trinajstić information content (AvgIpc) is 2.55. The third-order valence-corrected chi connectivity index (χ3v) is 3.71. The number of nitrogens with zero attached hydrogens (tertiary/aromatic N) is 3. The Morgan fingerprint density at radius 2 is 1.95 bits per heavy atom. The molecule has 2 rings (SSSR count). The maximum atomic E-state index is 9.01. The van der Waals surface area contributed by atoms with Crippen LogP contribution in [0.5, 0.6) is 0 Å². The van der Waals surface area contributed by atoms with Crippen molar-refractivity contribution in [1.29, 1.82) is 5.26 Å². The molecule has 0 radical (unpaired) electrons. The molecule has 110 valence electrons. The number of nitriles is 1. The second kappa shape index (κ2) is 6.76. The molecule has 0 heterocycles. The summed E-state index contributed by atoms with van der Waals surface area (Å²) in [5.74, 6) is 0. The van der Waals surface area contributed by atoms with Gasteiger partial charge in [0.15, 0.2) is 0 Å². The fourth-order valence-corrected chi connectivity index (χ4v) is 2.31. The second-order valence-electron chi connectivity index (χ2n) is 5.09. The lowest BCUT2D eigenvalue weighted by Gasteiger charge is -2.18. The van der Waals surface area contributed by atoms with Gasteiger partial charge in [0.25, 0.3) is 5.70 Å². The van der Waals surface area contributed by atoms with Crippen LogP contribution in [0.1, 0.15) is 12.5 Å². The van der Waals surface area contributed by atoms with Crippen molar-refractivity contribution >= 4 is 22.0 Å². The maximum Gasteiger partial charge on any atom is 0.265 e. The zero-order valence-corrected chi connectivity index (χ0v) is 12.7. The Balaban J connectivity index is 2.46. The summed E-state index contributed by atoms with van der Waals surface area (Å²) in [6.07, 6.45) is 0. The van der Waals surface area contributed by atoms with Gasteiger partial charge in [0.1, 0.15) is 0 Å². The molecule has 0 aliphatic heterocycles. The fraction of sp³-hybridized carbons (Fsp3) is 0.222. The highest BCUT2D eigenvalue weighted by atomic mass is 16.3. The number of anilines is 1. The fourth-order valence-electron chi connectivity index (χ4n) is 2.31. The van der Waals surface area contributed by atoms with Crippen molar-refractivity contribution in [3.05, 3.63) is 59.1 Å². The highest BCUT2D eigenvalue weighted by Crippen LogP contribution is 2.26. The van der Waals surface area contributed by atoms with Crippen molar-refractivity contribution in [1.82, 2.24) is 0 Å². The second-order valence-corrected chi connectivity index (χ2v) is 5.09. The van der Waals surface area contributed by atoms with Gasteiger partial charge < -0.3 is 10.0 Å². The van der Waals surface area contributed by atoms with Gasteiger partial charge in [-0.15, -0.1) is 0 Å². The number of likely N-dealkylation sites (N-methyl/N-ethyl adjacent to an activating group) is 1. The highest BCUT2D eigenvalue weighted by Gasteiger charge is 2.06. The minimum Gasteiger partial charge on any atom is -0.395 e. The van der Waals surface area contributed by atoms with Gasteiger partial charge in [0.05, 0.1) is 19.2 Å². The lowest BCUT2D eigenvalue weighted by Crippen LogP contribution is -2.20. The van der Waals surface area contributed by atoms with Gasteiger partial charge in [-0.25, -0.2) is 10.1 Å². The Kier molecular flexibility index (Phi) is 4.78. The minimum atomic E-state index is 0.116. The van der Waals surface area contributed by atoms with Crippen LogP contribution >= 0.6 is 0 Å². The van der Waals surface area contributed by atoms with Crippen molar-refractivity contribution in [2.45, 2.75) is 6.92 Å². The molecule has 4 heteroatoms. The molecule has 0 saturated heterocycles. The van der Waals surface area contributed by atoms with E-state index in [4.69, 9.17) is 16.9 Å². The number of rotatable bonds is 4. The van der Waals surface area contributed by atoms with Gasteiger partial charge in [-0.2, -0.15) is 0 Å². The molecule has 0 bridgehead atoms. The third kappa shape index (κ3) is 3.09. The first-order valence-corrected chi connectivity index (χ1v) is 6.95. The zero-order valence-electron chi connectivity index (χ0n) is 12.7. The third-order valence-electron chi connectivity index (χ3n) is 3.71. The van der Waals surface area contributed by atoms with E-state index < -0.39 is 0 Å². The lowest BCUT2D eigenvalue weighted by molar-refractivity contribution is 0.304. The largest absolute Gasteiger partial charge is 0.395 e. The van der Waals surface area contributed by atoms with E-state index in [1.165, 1.54) is 0 Å². The summed E-state index contributed by atoms with van der Waals surface area (Å²) >= 11 is 0. The van der Waals surface area contributed by atoms with E-state index in [1.807, 2.05) is 48.3 Å². The number of allylic oxidation sites excluding steroid dienone is 2. The van der Waals surface area contributed by atoms with Crippen LogP contribution in [0.15, 0.2) is 42.1 Å². The molecule has 0 aliphatic rings. The van der Waals surface area contributed by atoms with Crippen LogP contribution in [0.3, 0.4) is 0 Å². The summed E-state index contributed by atoms with van der Waals surface area (Å²) in [5, 5.41) is 20.1. The topological polar surface area (TPSA) is 51.6 Å². The standard InChI is InChI=1S/C18H17N3O/c1-13(18(12-19)20-2)14-4-5-16-11-17(21(3)8-9-22)7-6-15(16)10-14/h4-7,10-11,22H,8-9H2,1,3H3/b18-13+. The van der Waals surface area contributed by atoms with Crippen LogP contribution in [0.4, 0.5) is 5.69 Å². The zero-order chi connectivity index (χ0) is 16.1. The van der Waals surface area contributed by atoms with Gasteiger partial charge >= 0.3 is 0 Å². The van der Waals surface area contributed by atoms with Gasteiger partial charge in [-0.1, -0.05) is 18.2 Å². The number of aliphatic hydroxyl groups excluding tert-OH is 1. The van der Waals surface area contributed by atoms with Crippen molar-refractivity contribution in [3.8, 4) is 6.07 Å². The highest BCUT2D eigenvalue weighted by molar-refractivity contribution is 5.89.